The number of anilines is 1. The Bertz CT molecular complexity index is 1180. The Kier molecular flexibility index (Phi) is 4.96. The minimum Gasteiger partial charge on any atom is -0.506 e. The van der Waals surface area contributed by atoms with Crippen molar-refractivity contribution in [1.82, 2.24) is 4.90 Å². The van der Waals surface area contributed by atoms with Gasteiger partial charge in [-0.05, 0) is 36.0 Å². The van der Waals surface area contributed by atoms with Gasteiger partial charge in [0.2, 0.25) is 17.7 Å². The average molecular weight is 447 g/mol. The number of imide groups is 1. The lowest BCUT2D eigenvalue weighted by atomic mass is 9.85. The van der Waals surface area contributed by atoms with Crippen molar-refractivity contribution in [2.24, 2.45) is 23.7 Å². The van der Waals surface area contributed by atoms with E-state index in [1.54, 1.807) is 18.2 Å². The number of nitrogens with zero attached hydrogens (tertiary/aromatic N) is 2. The highest BCUT2D eigenvalue weighted by Crippen LogP contribution is 2.54. The molecule has 0 radical (unpaired) electrons. The smallest absolute Gasteiger partial charge is 0.269 e. The third-order valence-corrected chi connectivity index (χ3v) is 6.84. The zero-order valence-corrected chi connectivity index (χ0v) is 17.5. The van der Waals surface area contributed by atoms with E-state index in [1.807, 2.05) is 12.2 Å². The van der Waals surface area contributed by atoms with Crippen molar-refractivity contribution in [3.63, 3.8) is 0 Å². The van der Waals surface area contributed by atoms with Crippen LogP contribution in [0.3, 0.4) is 0 Å². The molecule has 168 valence electrons. The van der Waals surface area contributed by atoms with E-state index in [-0.39, 0.29) is 47.2 Å². The summed E-state index contributed by atoms with van der Waals surface area (Å²) in [7, 11) is 0. The number of non-ortho nitro benzene ring substituents is 1. The second kappa shape index (κ2) is 7.84. The summed E-state index contributed by atoms with van der Waals surface area (Å²) in [5, 5.41) is 23.9. The molecule has 2 aromatic carbocycles. The maximum absolute atomic E-state index is 13.4. The largest absolute Gasteiger partial charge is 0.506 e. The lowest BCUT2D eigenvalue weighted by Gasteiger charge is -2.28. The van der Waals surface area contributed by atoms with E-state index in [9.17, 15) is 29.6 Å². The number of allylic oxidation sites excluding steroid dienone is 2. The molecule has 3 amide bonds. The van der Waals surface area contributed by atoms with Gasteiger partial charge in [0.25, 0.3) is 5.69 Å². The van der Waals surface area contributed by atoms with Crippen LogP contribution in [0.4, 0.5) is 11.4 Å². The van der Waals surface area contributed by atoms with E-state index >= 15 is 0 Å². The number of phenolic OH excluding ortho intramolecular Hbond substituents is 1. The molecule has 33 heavy (non-hydrogen) atoms. The first-order chi connectivity index (χ1) is 15.8. The number of rotatable bonds is 6. The molecule has 0 spiro atoms. The number of aromatic hydroxyl groups is 1. The first kappa shape index (κ1) is 20.9. The topological polar surface area (TPSA) is 130 Å². The number of nitrogens with one attached hydrogen (secondary N) is 1. The van der Waals surface area contributed by atoms with Crippen LogP contribution in [0.2, 0.25) is 0 Å². The summed E-state index contributed by atoms with van der Waals surface area (Å²) in [4.78, 5) is 51.6. The van der Waals surface area contributed by atoms with Gasteiger partial charge in [-0.1, -0.05) is 36.4 Å². The molecule has 2 N–H and O–H groups in total. The molecule has 2 aromatic rings. The first-order valence-corrected chi connectivity index (χ1v) is 10.7. The van der Waals surface area contributed by atoms with Crippen molar-refractivity contribution < 1.29 is 24.4 Å². The highest BCUT2D eigenvalue weighted by Gasteiger charge is 2.60. The molecule has 5 unspecified atom stereocenters. The van der Waals surface area contributed by atoms with Crippen LogP contribution in [0, 0.1) is 33.8 Å². The number of carbonyl (C=O) groups excluding carboxylic acids is 3. The minimum atomic E-state index is -0.999. The van der Waals surface area contributed by atoms with Crippen molar-refractivity contribution in [3.05, 3.63) is 76.4 Å². The van der Waals surface area contributed by atoms with Crippen molar-refractivity contribution in [3.8, 4) is 5.75 Å². The molecule has 5 rings (SSSR count). The van der Waals surface area contributed by atoms with E-state index in [0.29, 0.717) is 5.56 Å². The fraction of sp³-hybridized carbons (Fsp3) is 0.292. The standard InChI is InChI=1S/C24H21N3O6/c28-19-7-2-1-6-17(19)25-20(29)12-18(13-4-3-5-16(11-13)27(32)33)26-23(30)21-14-8-9-15(10-14)22(21)24(26)31/h1-9,11,14-15,18,21-22,28H,10,12H2,(H,25,29). The molecule has 9 nitrogen and oxygen atoms in total. The maximum Gasteiger partial charge on any atom is 0.269 e. The summed E-state index contributed by atoms with van der Waals surface area (Å²) in [6.07, 6.45) is 4.44. The number of benzene rings is 2. The Hall–Kier alpha value is -4.01. The van der Waals surface area contributed by atoms with Crippen LogP contribution in [0.25, 0.3) is 0 Å². The van der Waals surface area contributed by atoms with Gasteiger partial charge in [-0.3, -0.25) is 29.4 Å². The predicted octanol–water partition coefficient (Wildman–Crippen LogP) is 3.18. The summed E-state index contributed by atoms with van der Waals surface area (Å²) in [6.45, 7) is 0. The Morgan fingerprint density at radius 2 is 1.76 bits per heavy atom. The normalized spacial score (nSPS) is 25.9. The van der Waals surface area contributed by atoms with E-state index < -0.39 is 28.7 Å². The maximum atomic E-state index is 13.4. The second-order valence-electron chi connectivity index (χ2n) is 8.68. The SMILES string of the molecule is O=C(CC(c1cccc([N+](=O)[O-])c1)N1C(=O)C2C3C=CC(C3)C2C1=O)Nc1ccccc1O. The van der Waals surface area contributed by atoms with E-state index in [0.717, 1.165) is 11.3 Å². The summed E-state index contributed by atoms with van der Waals surface area (Å²) in [5.74, 6) is -2.23. The van der Waals surface area contributed by atoms with Crippen LogP contribution < -0.4 is 5.32 Å². The number of phenols is 1. The second-order valence-corrected chi connectivity index (χ2v) is 8.68. The molecule has 2 fully saturated rings. The highest BCUT2D eigenvalue weighted by molar-refractivity contribution is 6.07. The van der Waals surface area contributed by atoms with Crippen molar-refractivity contribution >= 4 is 29.1 Å². The van der Waals surface area contributed by atoms with Gasteiger partial charge in [0.05, 0.1) is 34.9 Å². The Balaban J connectivity index is 1.48. The van der Waals surface area contributed by atoms with Crippen LogP contribution in [0.5, 0.6) is 5.75 Å². The number of likely N-dealkylation sites (tertiary alicyclic amines) is 1. The van der Waals surface area contributed by atoms with E-state index in [2.05, 4.69) is 5.32 Å². The Morgan fingerprint density at radius 1 is 1.09 bits per heavy atom. The molecule has 2 bridgehead atoms. The first-order valence-electron chi connectivity index (χ1n) is 10.7. The zero-order chi connectivity index (χ0) is 23.3. The Morgan fingerprint density at radius 3 is 2.39 bits per heavy atom. The third-order valence-electron chi connectivity index (χ3n) is 6.84. The number of hydrogen-bond acceptors (Lipinski definition) is 6. The predicted molar refractivity (Wildman–Crippen MR) is 117 cm³/mol. The lowest BCUT2D eigenvalue weighted by molar-refractivity contribution is -0.385. The van der Waals surface area contributed by atoms with Gasteiger partial charge < -0.3 is 10.4 Å². The zero-order valence-electron chi connectivity index (χ0n) is 17.5. The molecular weight excluding hydrogens is 426 g/mol. The molecular formula is C24H21N3O6. The van der Waals surface area contributed by atoms with E-state index in [1.165, 1.54) is 30.3 Å². The van der Waals surface area contributed by atoms with Crippen molar-refractivity contribution in [2.45, 2.75) is 18.9 Å². The Labute approximate surface area is 188 Å². The number of nitro benzene ring substituents is 1. The molecule has 9 heteroatoms. The van der Waals surface area contributed by atoms with Gasteiger partial charge in [-0.2, -0.15) is 0 Å². The van der Waals surface area contributed by atoms with Crippen LogP contribution in [0.15, 0.2) is 60.7 Å². The number of nitro groups is 1. The number of amides is 3. The van der Waals surface area contributed by atoms with Crippen molar-refractivity contribution in [1.29, 1.82) is 0 Å². The van der Waals surface area contributed by atoms with Crippen molar-refractivity contribution in [2.75, 3.05) is 5.32 Å². The monoisotopic (exact) mass is 447 g/mol. The van der Waals surface area contributed by atoms with Gasteiger partial charge in [-0.25, -0.2) is 0 Å². The molecule has 0 aromatic heterocycles. The van der Waals surface area contributed by atoms with Crippen LogP contribution in [-0.4, -0.2) is 32.7 Å². The van der Waals surface area contributed by atoms with Gasteiger partial charge in [0, 0.05) is 12.1 Å². The van der Waals surface area contributed by atoms with Crippen LogP contribution >= 0.6 is 0 Å². The summed E-state index contributed by atoms with van der Waals surface area (Å²) >= 11 is 0. The number of hydrogen-bond donors (Lipinski definition) is 2. The lowest BCUT2D eigenvalue weighted by Crippen LogP contribution is -2.38. The third kappa shape index (κ3) is 3.45. The van der Waals surface area contributed by atoms with Gasteiger partial charge in [0.15, 0.2) is 0 Å². The summed E-state index contributed by atoms with van der Waals surface area (Å²) in [6, 6.07) is 10.9. The fourth-order valence-corrected chi connectivity index (χ4v) is 5.39. The molecule has 1 saturated carbocycles. The quantitative estimate of drug-likeness (QED) is 0.230. The number of carbonyl (C=O) groups is 3. The molecule has 2 aliphatic carbocycles. The minimum absolute atomic E-state index is 0.00213. The number of para-hydroxylation sites is 2. The van der Waals surface area contributed by atoms with Gasteiger partial charge >= 0.3 is 0 Å². The van der Waals surface area contributed by atoms with Gasteiger partial charge in [0.1, 0.15) is 5.75 Å². The summed E-state index contributed by atoms with van der Waals surface area (Å²) < 4.78 is 0. The van der Waals surface area contributed by atoms with Crippen LogP contribution in [-0.2, 0) is 14.4 Å². The molecule has 5 atom stereocenters. The summed E-state index contributed by atoms with van der Waals surface area (Å²) in [5.41, 5.74) is 0.330. The van der Waals surface area contributed by atoms with E-state index in [4.69, 9.17) is 0 Å². The molecule has 1 aliphatic heterocycles. The highest BCUT2D eigenvalue weighted by atomic mass is 16.6. The molecule has 1 heterocycles. The fourth-order valence-electron chi connectivity index (χ4n) is 5.39. The van der Waals surface area contributed by atoms with Crippen LogP contribution in [0.1, 0.15) is 24.4 Å². The molecule has 1 saturated heterocycles. The molecule has 3 aliphatic rings. The van der Waals surface area contributed by atoms with Gasteiger partial charge in [-0.15, -0.1) is 0 Å². The average Bonchev–Trinajstić information content (AvgIpc) is 3.48. The number of fused-ring (bicyclic) bond motifs is 5.